The second-order valence-corrected chi connectivity index (χ2v) is 1.05. The average Bonchev–Trinajstić information content (AvgIpc) is 1.14. The largest absolute Gasteiger partial charge is 1.00 e. The Balaban J connectivity index is 0. The molecular weight excluding hydrogens is 237 g/mol. The van der Waals surface area contributed by atoms with Crippen molar-refractivity contribution in [2.75, 3.05) is 0 Å². The maximum absolute atomic E-state index is 10.7. The molecule has 10 heavy (non-hydrogen) atoms. The summed E-state index contributed by atoms with van der Waals surface area (Å²) in [5.74, 6) is 0. The second-order valence-electron chi connectivity index (χ2n) is 1.05. The van der Waals surface area contributed by atoms with E-state index < -0.39 is 12.6 Å². The van der Waals surface area contributed by atoms with Gasteiger partial charge >= 0.3 is 70.8 Å². The van der Waals surface area contributed by atoms with Gasteiger partial charge in [0.25, 0.3) is 0 Å². The third kappa shape index (κ3) is 12.1. The van der Waals surface area contributed by atoms with E-state index in [0.717, 1.165) is 0 Å². The third-order valence-corrected chi connectivity index (χ3v) is 0.254. The Morgan fingerprint density at radius 1 is 0.700 bits per heavy atom. The maximum Gasteiger partial charge on any atom is 1.00 e. The summed E-state index contributed by atoms with van der Waals surface area (Å²) in [6.45, 7) is 0. The zero-order valence-electron chi connectivity index (χ0n) is 4.72. The molecule has 0 N–H and O–H groups in total. The van der Waals surface area contributed by atoms with Crippen LogP contribution in [0.3, 0.4) is 0 Å². The monoisotopic (exact) mass is 237 g/mol. The van der Waals surface area contributed by atoms with Crippen molar-refractivity contribution in [3.8, 4) is 0 Å². The molecule has 0 aromatic heterocycles. The van der Waals surface area contributed by atoms with Gasteiger partial charge in [0.2, 0.25) is 0 Å². The van der Waals surface area contributed by atoms with Crippen LogP contribution in [0, 0.1) is 0 Å². The predicted octanol–water partition coefficient (Wildman–Crippen LogP) is -0.596. The van der Waals surface area contributed by atoms with Crippen molar-refractivity contribution >= 4 is 0 Å². The van der Waals surface area contributed by atoms with Crippen LogP contribution in [0.1, 0.15) is 0 Å². The van der Waals surface area contributed by atoms with Crippen LogP contribution in [-0.2, 0) is 0 Å². The van der Waals surface area contributed by atoms with E-state index in [1.54, 1.807) is 0 Å². The summed E-state index contributed by atoms with van der Waals surface area (Å²) in [4.78, 5) is 0. The van der Waals surface area contributed by atoms with Gasteiger partial charge in [-0.25, -0.2) is 0 Å². The summed E-state index contributed by atoms with van der Waals surface area (Å²) in [5.41, 5.74) is 0. The van der Waals surface area contributed by atoms with Crippen LogP contribution in [0.5, 0.6) is 0 Å². The normalized spacial score (nSPS) is 12.6. The van der Waals surface area contributed by atoms with Gasteiger partial charge in [0.1, 0.15) is 0 Å². The van der Waals surface area contributed by atoms with Gasteiger partial charge in [-0.3, -0.25) is 0 Å². The van der Waals surface area contributed by atoms with E-state index in [2.05, 4.69) is 0 Å². The number of alkyl halides is 6. The van der Waals surface area contributed by atoms with Crippen LogP contribution in [0.15, 0.2) is 0 Å². The van der Waals surface area contributed by atoms with Gasteiger partial charge in [0, 0.05) is 0 Å². The Morgan fingerprint density at radius 3 is 0.900 bits per heavy atom. The molecule has 0 radical (unpaired) electrons. The van der Waals surface area contributed by atoms with E-state index in [-0.39, 0.29) is 58.2 Å². The van der Waals surface area contributed by atoms with E-state index in [1.165, 1.54) is 0 Å². The number of hydrogen-bond donors (Lipinski definition) is 0. The molecule has 0 aliphatic carbocycles. The molecule has 1 nitrogen and oxygen atoms in total. The first-order valence-electron chi connectivity index (χ1n) is 1.58. The summed E-state index contributed by atoms with van der Waals surface area (Å²) in [6, 6.07) is 0. The molecule has 0 bridgehead atoms. The minimum atomic E-state index is -5.52. The Labute approximate surface area is 101 Å². The summed E-state index contributed by atoms with van der Waals surface area (Å²) in [6.07, 6.45) is -11.0. The molecule has 0 fully saturated rings. The topological polar surface area (TPSA) is 14.1 Å². The molecule has 0 aromatic carbocycles. The van der Waals surface area contributed by atoms with Crippen molar-refractivity contribution in [3.05, 3.63) is 5.32 Å². The van der Waals surface area contributed by atoms with Crippen LogP contribution in [0.25, 0.3) is 5.32 Å². The van der Waals surface area contributed by atoms with Gasteiger partial charge in [0.15, 0.2) is 0 Å². The van der Waals surface area contributed by atoms with Crippen molar-refractivity contribution in [2.24, 2.45) is 0 Å². The first-order valence-corrected chi connectivity index (χ1v) is 1.58. The fraction of sp³-hybridized carbons (Fsp3) is 1.00. The van der Waals surface area contributed by atoms with Crippen LogP contribution < -0.4 is 58.2 Å². The first-order chi connectivity index (χ1) is 3.71. The molecule has 0 aromatic rings. The Hall–Kier alpha value is 1.35. The number of hydrogen-bond acceptors (Lipinski definition) is 0. The van der Waals surface area contributed by atoms with Gasteiger partial charge < -0.3 is 5.32 Å². The minimum absolute atomic E-state index is 0. The van der Waals surface area contributed by atoms with Crippen molar-refractivity contribution in [3.63, 3.8) is 0 Å². The van der Waals surface area contributed by atoms with Crippen molar-refractivity contribution in [1.29, 1.82) is 0 Å². The zero-order chi connectivity index (χ0) is 7.71. The van der Waals surface area contributed by atoms with Gasteiger partial charge in [-0.1, -0.05) is 0 Å². The zero-order valence-corrected chi connectivity index (χ0v) is 9.63. The van der Waals surface area contributed by atoms with Gasteiger partial charge in [-0.2, -0.15) is 26.3 Å². The van der Waals surface area contributed by atoms with Crippen molar-refractivity contribution in [1.82, 2.24) is 0 Å². The summed E-state index contributed by atoms with van der Waals surface area (Å²) < 4.78 is 64.0. The van der Waals surface area contributed by atoms with Crippen LogP contribution in [0.4, 0.5) is 26.3 Å². The number of halogens is 6. The Kier molecular flexibility index (Phi) is 6.10. The van der Waals surface area contributed by atoms with E-state index in [0.29, 0.717) is 5.32 Å². The number of rotatable bonds is 0. The van der Waals surface area contributed by atoms with E-state index >= 15 is 0 Å². The fourth-order valence-corrected chi connectivity index (χ4v) is 0.144. The van der Waals surface area contributed by atoms with Crippen LogP contribution in [0.2, 0.25) is 0 Å². The molecular formula is C2F6NRb. The van der Waals surface area contributed by atoms with Crippen molar-refractivity contribution in [2.45, 2.75) is 12.6 Å². The van der Waals surface area contributed by atoms with E-state index in [9.17, 15) is 26.3 Å². The standard InChI is InChI=1S/C2F6N.Rb/c3-1(4,5)9-2(6,7)8;/q-1;+1. The smallest absolute Gasteiger partial charge is 0.478 e. The molecule has 56 valence electrons. The molecule has 0 saturated carbocycles. The minimum Gasteiger partial charge on any atom is -0.478 e. The molecule has 0 heterocycles. The van der Waals surface area contributed by atoms with E-state index in [1.807, 2.05) is 0 Å². The quantitative estimate of drug-likeness (QED) is 0.395. The van der Waals surface area contributed by atoms with Gasteiger partial charge in [0.05, 0.1) is 0 Å². The molecule has 0 aliphatic rings. The third-order valence-electron chi connectivity index (χ3n) is 0.254. The summed E-state index contributed by atoms with van der Waals surface area (Å²) >= 11 is 0. The maximum atomic E-state index is 10.7. The Morgan fingerprint density at radius 2 is 0.900 bits per heavy atom. The molecule has 8 heteroatoms. The summed E-state index contributed by atoms with van der Waals surface area (Å²) in [7, 11) is 0. The number of nitrogens with zero attached hydrogens (tertiary/aromatic N) is 1. The fourth-order valence-electron chi connectivity index (χ4n) is 0.144. The summed E-state index contributed by atoms with van der Waals surface area (Å²) in [5, 5.41) is 0.542. The van der Waals surface area contributed by atoms with Crippen LogP contribution >= 0.6 is 0 Å². The molecule has 0 unspecified atom stereocenters. The SMILES string of the molecule is FC(F)(F)[N-]C(F)(F)F.[Rb+]. The molecule has 0 saturated heterocycles. The average molecular weight is 237 g/mol. The van der Waals surface area contributed by atoms with Crippen molar-refractivity contribution < 1.29 is 84.5 Å². The Bertz CT molecular complexity index is 80.9. The van der Waals surface area contributed by atoms with Crippen LogP contribution in [-0.4, -0.2) is 12.6 Å². The molecule has 0 spiro atoms. The predicted molar refractivity (Wildman–Crippen MR) is 15.5 cm³/mol. The molecule has 0 aliphatic heterocycles. The van der Waals surface area contributed by atoms with Gasteiger partial charge in [-0.05, 0) is 0 Å². The molecule has 0 atom stereocenters. The first kappa shape index (κ1) is 13.9. The van der Waals surface area contributed by atoms with Gasteiger partial charge in [-0.15, -0.1) is 0 Å². The molecule has 0 amide bonds. The molecule has 0 rings (SSSR count). The van der Waals surface area contributed by atoms with E-state index in [4.69, 9.17) is 0 Å². The second kappa shape index (κ2) is 4.39.